The minimum atomic E-state index is -0.715. The first-order chi connectivity index (χ1) is 12.4. The van der Waals surface area contributed by atoms with Crippen LogP contribution in [0.2, 0.25) is 0 Å². The summed E-state index contributed by atoms with van der Waals surface area (Å²) in [5.41, 5.74) is 0.276. The molecule has 0 saturated carbocycles. The Morgan fingerprint density at radius 3 is 2.65 bits per heavy atom. The van der Waals surface area contributed by atoms with Crippen LogP contribution in [0.1, 0.15) is 21.5 Å². The van der Waals surface area contributed by atoms with Crippen LogP contribution in [0.15, 0.2) is 52.4 Å². The molecule has 9 nitrogen and oxygen atoms in total. The van der Waals surface area contributed by atoms with Gasteiger partial charge in [-0.25, -0.2) is 4.99 Å². The molecule has 0 atom stereocenters. The molecule has 0 unspecified atom stereocenters. The van der Waals surface area contributed by atoms with Crippen molar-refractivity contribution in [2.75, 3.05) is 0 Å². The van der Waals surface area contributed by atoms with Crippen LogP contribution in [0.3, 0.4) is 0 Å². The van der Waals surface area contributed by atoms with Gasteiger partial charge >= 0.3 is 0 Å². The van der Waals surface area contributed by atoms with Crippen molar-refractivity contribution in [1.29, 1.82) is 0 Å². The lowest BCUT2D eigenvalue weighted by atomic mass is 10.2. The first-order valence-electron chi connectivity index (χ1n) is 7.41. The van der Waals surface area contributed by atoms with E-state index in [0.29, 0.717) is 0 Å². The SMILES string of the molecule is Cc1ccn2c(=O)c(C=NC(=O)c3ccc([N+](=O)[O-])cc3)c(O)nc2c1. The second-order valence-electron chi connectivity index (χ2n) is 5.45. The topological polar surface area (TPSA) is 127 Å². The molecule has 26 heavy (non-hydrogen) atoms. The number of benzene rings is 1. The van der Waals surface area contributed by atoms with E-state index < -0.39 is 22.3 Å². The second kappa shape index (κ2) is 6.55. The summed E-state index contributed by atoms with van der Waals surface area (Å²) in [4.78, 5) is 42.1. The van der Waals surface area contributed by atoms with E-state index >= 15 is 0 Å². The highest BCUT2D eigenvalue weighted by molar-refractivity contribution is 6.02. The van der Waals surface area contributed by atoms with Gasteiger partial charge in [-0.05, 0) is 36.8 Å². The lowest BCUT2D eigenvalue weighted by Gasteiger charge is -2.04. The number of nitro groups is 1. The number of rotatable bonds is 3. The van der Waals surface area contributed by atoms with E-state index in [2.05, 4.69) is 9.98 Å². The van der Waals surface area contributed by atoms with Crippen LogP contribution in [0.25, 0.3) is 5.65 Å². The molecule has 2 heterocycles. The number of hydrogen-bond donors (Lipinski definition) is 1. The summed E-state index contributed by atoms with van der Waals surface area (Å²) in [6.45, 7) is 1.82. The molecule has 1 N–H and O–H groups in total. The van der Waals surface area contributed by atoms with Crippen LogP contribution in [0.4, 0.5) is 5.69 Å². The molecular formula is C17H12N4O5. The number of nitro benzene ring substituents is 1. The molecule has 0 bridgehead atoms. The Bertz CT molecular complexity index is 1120. The zero-order chi connectivity index (χ0) is 18.8. The van der Waals surface area contributed by atoms with Gasteiger partial charge in [-0.15, -0.1) is 0 Å². The number of pyridine rings is 1. The molecule has 0 aliphatic heterocycles. The van der Waals surface area contributed by atoms with E-state index in [0.717, 1.165) is 11.8 Å². The van der Waals surface area contributed by atoms with Gasteiger partial charge in [0.2, 0.25) is 5.88 Å². The highest BCUT2D eigenvalue weighted by Gasteiger charge is 2.12. The molecule has 9 heteroatoms. The van der Waals surface area contributed by atoms with Gasteiger partial charge in [-0.3, -0.25) is 24.1 Å². The quantitative estimate of drug-likeness (QED) is 0.435. The van der Waals surface area contributed by atoms with Crippen molar-refractivity contribution in [3.63, 3.8) is 0 Å². The molecule has 0 saturated heterocycles. The first-order valence-corrected chi connectivity index (χ1v) is 7.41. The smallest absolute Gasteiger partial charge is 0.276 e. The van der Waals surface area contributed by atoms with Crippen molar-refractivity contribution in [3.8, 4) is 5.88 Å². The number of aromatic nitrogens is 2. The molecule has 0 aliphatic rings. The van der Waals surface area contributed by atoms with Crippen LogP contribution in [-0.2, 0) is 0 Å². The summed E-state index contributed by atoms with van der Waals surface area (Å²) in [7, 11) is 0. The summed E-state index contributed by atoms with van der Waals surface area (Å²) in [6.07, 6.45) is 2.44. The number of fused-ring (bicyclic) bond motifs is 1. The lowest BCUT2D eigenvalue weighted by molar-refractivity contribution is -0.384. The second-order valence-corrected chi connectivity index (χ2v) is 5.45. The molecule has 3 aromatic rings. The maximum Gasteiger partial charge on any atom is 0.276 e. The van der Waals surface area contributed by atoms with Crippen molar-refractivity contribution in [3.05, 3.63) is 79.8 Å². The van der Waals surface area contributed by atoms with Gasteiger partial charge in [0.05, 0.1) is 4.92 Å². The minimum Gasteiger partial charge on any atom is -0.493 e. The number of non-ortho nitro benzene ring substituents is 1. The molecule has 130 valence electrons. The van der Waals surface area contributed by atoms with Crippen LogP contribution in [0, 0.1) is 17.0 Å². The van der Waals surface area contributed by atoms with Gasteiger partial charge in [0, 0.05) is 30.1 Å². The molecule has 0 radical (unpaired) electrons. The Morgan fingerprint density at radius 1 is 1.31 bits per heavy atom. The van der Waals surface area contributed by atoms with Gasteiger partial charge in [0.1, 0.15) is 11.2 Å². The molecule has 0 spiro atoms. The third-order valence-electron chi connectivity index (χ3n) is 3.64. The maximum atomic E-state index is 12.4. The highest BCUT2D eigenvalue weighted by atomic mass is 16.6. The third-order valence-corrected chi connectivity index (χ3v) is 3.64. The zero-order valence-corrected chi connectivity index (χ0v) is 13.5. The fourth-order valence-corrected chi connectivity index (χ4v) is 2.28. The number of nitrogens with zero attached hydrogens (tertiary/aromatic N) is 4. The van der Waals surface area contributed by atoms with Crippen molar-refractivity contribution in [1.82, 2.24) is 9.38 Å². The fourth-order valence-electron chi connectivity index (χ4n) is 2.28. The van der Waals surface area contributed by atoms with Crippen molar-refractivity contribution >= 4 is 23.5 Å². The number of aliphatic imine (C=N–C) groups is 1. The standard InChI is InChI=1S/C17H12N4O5/c1-10-6-7-20-14(8-10)19-16(23)13(17(20)24)9-18-15(22)11-2-4-12(5-3-11)21(25)26/h2-9,23H,1H3. The van der Waals surface area contributed by atoms with Crippen LogP contribution in [-0.4, -0.2) is 31.5 Å². The van der Waals surface area contributed by atoms with Crippen molar-refractivity contribution < 1.29 is 14.8 Å². The Kier molecular flexibility index (Phi) is 4.27. The van der Waals surface area contributed by atoms with Crippen molar-refractivity contribution in [2.24, 2.45) is 4.99 Å². The van der Waals surface area contributed by atoms with E-state index in [-0.39, 0.29) is 22.5 Å². The van der Waals surface area contributed by atoms with E-state index in [4.69, 9.17) is 0 Å². The van der Waals surface area contributed by atoms with E-state index in [1.54, 1.807) is 12.1 Å². The predicted molar refractivity (Wildman–Crippen MR) is 92.9 cm³/mol. The molecule has 1 amide bonds. The molecule has 1 aromatic carbocycles. The molecule has 3 rings (SSSR count). The minimum absolute atomic E-state index is 0.107. The monoisotopic (exact) mass is 352 g/mol. The Balaban J connectivity index is 1.95. The van der Waals surface area contributed by atoms with Gasteiger partial charge in [0.15, 0.2) is 0 Å². The number of hydrogen-bond acceptors (Lipinski definition) is 6. The molecule has 0 aliphatic carbocycles. The normalized spacial score (nSPS) is 11.1. The van der Waals surface area contributed by atoms with Gasteiger partial charge in [-0.1, -0.05) is 0 Å². The number of amides is 1. The summed E-state index contributed by atoms with van der Waals surface area (Å²) in [6, 6.07) is 8.20. The fraction of sp³-hybridized carbons (Fsp3) is 0.0588. The average Bonchev–Trinajstić information content (AvgIpc) is 2.61. The van der Waals surface area contributed by atoms with Crippen LogP contribution in [0.5, 0.6) is 5.88 Å². The number of carbonyl (C=O) groups is 1. The summed E-state index contributed by atoms with van der Waals surface area (Å²) >= 11 is 0. The van der Waals surface area contributed by atoms with E-state index in [9.17, 15) is 24.8 Å². The molecular weight excluding hydrogens is 340 g/mol. The van der Waals surface area contributed by atoms with E-state index in [1.165, 1.54) is 34.9 Å². The third kappa shape index (κ3) is 3.18. The number of carbonyl (C=O) groups excluding carboxylic acids is 1. The number of aromatic hydroxyl groups is 1. The highest BCUT2D eigenvalue weighted by Crippen LogP contribution is 2.14. The van der Waals surface area contributed by atoms with Gasteiger partial charge in [0.25, 0.3) is 17.2 Å². The van der Waals surface area contributed by atoms with Crippen LogP contribution < -0.4 is 5.56 Å². The van der Waals surface area contributed by atoms with Gasteiger partial charge in [-0.2, -0.15) is 4.98 Å². The Labute approximate surface area is 146 Å². The maximum absolute atomic E-state index is 12.4. The average molecular weight is 352 g/mol. The van der Waals surface area contributed by atoms with Gasteiger partial charge < -0.3 is 5.11 Å². The zero-order valence-electron chi connectivity index (χ0n) is 13.5. The summed E-state index contributed by atoms with van der Waals surface area (Å²) < 4.78 is 1.23. The van der Waals surface area contributed by atoms with Crippen LogP contribution >= 0.6 is 0 Å². The first kappa shape index (κ1) is 17.0. The largest absolute Gasteiger partial charge is 0.493 e. The molecule has 0 fully saturated rings. The number of aryl methyl sites for hydroxylation is 1. The summed E-state index contributed by atoms with van der Waals surface area (Å²) in [5, 5.41) is 20.6. The lowest BCUT2D eigenvalue weighted by Crippen LogP contribution is -2.19. The predicted octanol–water partition coefficient (Wildman–Crippen LogP) is 1.88. The van der Waals surface area contributed by atoms with Crippen molar-refractivity contribution in [2.45, 2.75) is 6.92 Å². The Hall–Kier alpha value is -3.88. The molecule has 2 aromatic heterocycles. The Morgan fingerprint density at radius 2 is 2.00 bits per heavy atom. The summed E-state index contributed by atoms with van der Waals surface area (Å²) in [5.74, 6) is -1.26. The van der Waals surface area contributed by atoms with E-state index in [1.807, 2.05) is 6.92 Å².